The third-order valence-corrected chi connectivity index (χ3v) is 6.71. The maximum absolute atomic E-state index is 13.2. The van der Waals surface area contributed by atoms with Crippen LogP contribution in [0, 0.1) is 5.82 Å². The molecule has 28 heavy (non-hydrogen) atoms. The second-order valence-electron chi connectivity index (χ2n) is 7.74. The molecule has 0 atom stereocenters. The van der Waals surface area contributed by atoms with Gasteiger partial charge < -0.3 is 4.57 Å². The molecule has 0 saturated heterocycles. The molecule has 1 aliphatic rings. The van der Waals surface area contributed by atoms with E-state index in [-0.39, 0.29) is 4.90 Å². The van der Waals surface area contributed by atoms with Gasteiger partial charge in [-0.15, -0.1) is 0 Å². The summed E-state index contributed by atoms with van der Waals surface area (Å²) >= 11 is 0. The molecular weight excluding hydrogens is 379 g/mol. The third kappa shape index (κ3) is 3.42. The van der Waals surface area contributed by atoms with Crippen LogP contribution in [0.5, 0.6) is 0 Å². The first-order valence-corrected chi connectivity index (χ1v) is 10.9. The van der Waals surface area contributed by atoms with Gasteiger partial charge in [-0.25, -0.2) is 17.8 Å². The number of rotatable bonds is 6. The first-order valence-electron chi connectivity index (χ1n) is 9.37. The number of hydrogen-bond acceptors (Lipinski definition) is 4. The smallest absolute Gasteiger partial charge is 0.241 e. The minimum Gasteiger partial charge on any atom is -0.327 e. The Kier molecular flexibility index (Phi) is 4.50. The third-order valence-electron chi connectivity index (χ3n) is 5.04. The average molecular weight is 402 g/mol. The van der Waals surface area contributed by atoms with Crippen LogP contribution in [0.15, 0.2) is 41.4 Å². The van der Waals surface area contributed by atoms with E-state index in [0.29, 0.717) is 18.3 Å². The summed E-state index contributed by atoms with van der Waals surface area (Å²) in [7, 11) is -3.84. The summed E-state index contributed by atoms with van der Waals surface area (Å²) in [5, 5.41) is 0. The average Bonchev–Trinajstić information content (AvgIpc) is 3.41. The fraction of sp³-hybridized carbons (Fsp3) is 0.400. The highest BCUT2D eigenvalue weighted by Crippen LogP contribution is 2.40. The van der Waals surface area contributed by atoms with E-state index in [9.17, 15) is 12.8 Å². The summed E-state index contributed by atoms with van der Waals surface area (Å²) in [6.45, 7) is 6.21. The molecule has 0 radical (unpaired) electrons. The Morgan fingerprint density at radius 1 is 1.25 bits per heavy atom. The Balaban J connectivity index is 1.73. The van der Waals surface area contributed by atoms with Crippen molar-refractivity contribution in [3.63, 3.8) is 0 Å². The molecule has 4 rings (SSSR count). The summed E-state index contributed by atoms with van der Waals surface area (Å²) < 4.78 is 43.5. The number of hydrogen-bond donors (Lipinski definition) is 1. The molecule has 2 heterocycles. The number of fused-ring (bicyclic) bond motifs is 1. The molecule has 1 saturated carbocycles. The van der Waals surface area contributed by atoms with Gasteiger partial charge in [-0.1, -0.05) is 0 Å². The Labute approximate surface area is 163 Å². The van der Waals surface area contributed by atoms with E-state index in [0.717, 1.165) is 41.7 Å². The largest absolute Gasteiger partial charge is 0.327 e. The van der Waals surface area contributed by atoms with E-state index in [4.69, 9.17) is 0 Å². The first kappa shape index (κ1) is 19.0. The van der Waals surface area contributed by atoms with Crippen LogP contribution in [0.1, 0.15) is 51.0 Å². The number of nitrogens with zero attached hydrogens (tertiary/aromatic N) is 3. The van der Waals surface area contributed by atoms with Crippen LogP contribution in [0.2, 0.25) is 0 Å². The molecular formula is C20H23FN4O2S. The van der Waals surface area contributed by atoms with Crippen molar-refractivity contribution in [1.29, 1.82) is 0 Å². The molecule has 0 spiro atoms. The minimum atomic E-state index is -3.84. The van der Waals surface area contributed by atoms with Gasteiger partial charge in [-0.05, 0) is 63.9 Å². The lowest BCUT2D eigenvalue weighted by molar-refractivity contribution is 0.429. The second-order valence-corrected chi connectivity index (χ2v) is 9.42. The van der Waals surface area contributed by atoms with Gasteiger partial charge in [0.1, 0.15) is 17.2 Å². The van der Waals surface area contributed by atoms with E-state index >= 15 is 0 Å². The zero-order valence-corrected chi connectivity index (χ0v) is 16.9. The minimum absolute atomic E-state index is 0.0128. The molecule has 0 bridgehead atoms. The van der Waals surface area contributed by atoms with Gasteiger partial charge in [0.15, 0.2) is 0 Å². The number of benzene rings is 1. The Hall–Kier alpha value is -2.32. The molecule has 1 N–H and O–H groups in total. The predicted octanol–water partition coefficient (Wildman–Crippen LogP) is 3.68. The topological polar surface area (TPSA) is 76.9 Å². The van der Waals surface area contributed by atoms with E-state index in [2.05, 4.69) is 20.8 Å². The summed E-state index contributed by atoms with van der Waals surface area (Å²) in [6, 6.07) is 6.84. The van der Waals surface area contributed by atoms with E-state index in [1.165, 1.54) is 12.1 Å². The molecule has 0 aliphatic heterocycles. The molecule has 0 amide bonds. The zero-order chi connectivity index (χ0) is 20.1. The van der Waals surface area contributed by atoms with Gasteiger partial charge >= 0.3 is 0 Å². The lowest BCUT2D eigenvalue weighted by atomic mass is 10.1. The van der Waals surface area contributed by atoms with Crippen LogP contribution in [0.3, 0.4) is 0 Å². The lowest BCUT2D eigenvalue weighted by Gasteiger charge is -2.26. The highest BCUT2D eigenvalue weighted by Gasteiger charge is 2.33. The summed E-state index contributed by atoms with van der Waals surface area (Å²) in [5.74, 6) is 0.661. The number of sulfonamides is 1. The molecule has 1 fully saturated rings. The van der Waals surface area contributed by atoms with Gasteiger partial charge in [0, 0.05) is 18.2 Å². The molecule has 1 aromatic carbocycles. The standard InChI is InChI=1S/C20H23FN4O2S/c1-4-25-18-11-16(13-5-6-13)22-12-17(18)23-19(25)20(2,3)24-28(26,27)15-9-7-14(21)8-10-15/h7-13,24H,4-6H2,1-3H3. The molecule has 8 heteroatoms. The Morgan fingerprint density at radius 3 is 2.54 bits per heavy atom. The number of imidazole rings is 1. The number of nitrogens with one attached hydrogen (secondary N) is 1. The maximum Gasteiger partial charge on any atom is 0.241 e. The SMILES string of the molecule is CCn1c(C(C)(C)NS(=O)(=O)c2ccc(F)cc2)nc2cnc(C3CC3)cc21. The maximum atomic E-state index is 13.2. The van der Waals surface area contributed by atoms with Crippen LogP contribution >= 0.6 is 0 Å². The fourth-order valence-corrected chi connectivity index (χ4v) is 4.87. The van der Waals surface area contributed by atoms with E-state index in [1.807, 2.05) is 11.5 Å². The van der Waals surface area contributed by atoms with Gasteiger partial charge in [0.25, 0.3) is 0 Å². The predicted molar refractivity (Wildman–Crippen MR) is 105 cm³/mol. The van der Waals surface area contributed by atoms with Crippen LogP contribution < -0.4 is 4.72 Å². The van der Waals surface area contributed by atoms with Gasteiger partial charge in [0.2, 0.25) is 10.0 Å². The molecule has 2 aromatic heterocycles. The van der Waals surface area contributed by atoms with Crippen molar-refractivity contribution < 1.29 is 12.8 Å². The van der Waals surface area contributed by atoms with Crippen LogP contribution in [0.4, 0.5) is 4.39 Å². The number of halogens is 1. The summed E-state index contributed by atoms with van der Waals surface area (Å²) in [6.07, 6.45) is 4.09. The fourth-order valence-electron chi connectivity index (χ4n) is 3.50. The second kappa shape index (κ2) is 6.63. The molecule has 1 aliphatic carbocycles. The summed E-state index contributed by atoms with van der Waals surface area (Å²) in [4.78, 5) is 9.21. The molecule has 3 aromatic rings. The highest BCUT2D eigenvalue weighted by molar-refractivity contribution is 7.89. The number of aryl methyl sites for hydroxylation is 1. The van der Waals surface area contributed by atoms with Crippen molar-refractivity contribution in [3.05, 3.63) is 53.9 Å². The van der Waals surface area contributed by atoms with Gasteiger partial charge in [0.05, 0.1) is 22.1 Å². The van der Waals surface area contributed by atoms with Crippen molar-refractivity contribution in [3.8, 4) is 0 Å². The van der Waals surface area contributed by atoms with Gasteiger partial charge in [-0.2, -0.15) is 4.72 Å². The Bertz CT molecular complexity index is 1130. The molecule has 6 nitrogen and oxygen atoms in total. The highest BCUT2D eigenvalue weighted by atomic mass is 32.2. The van der Waals surface area contributed by atoms with Crippen molar-refractivity contribution in [1.82, 2.24) is 19.3 Å². The summed E-state index contributed by atoms with van der Waals surface area (Å²) in [5.41, 5.74) is 1.80. The van der Waals surface area contributed by atoms with Crippen LogP contribution in [-0.4, -0.2) is 23.0 Å². The van der Waals surface area contributed by atoms with Crippen LogP contribution in [-0.2, 0) is 22.1 Å². The van der Waals surface area contributed by atoms with Gasteiger partial charge in [-0.3, -0.25) is 4.98 Å². The van der Waals surface area contributed by atoms with E-state index < -0.39 is 21.4 Å². The van der Waals surface area contributed by atoms with Crippen molar-refractivity contribution in [2.45, 2.75) is 56.5 Å². The van der Waals surface area contributed by atoms with E-state index in [1.54, 1.807) is 20.0 Å². The molecule has 148 valence electrons. The van der Waals surface area contributed by atoms with Crippen molar-refractivity contribution in [2.24, 2.45) is 0 Å². The molecule has 0 unspecified atom stereocenters. The first-order chi connectivity index (χ1) is 13.2. The van der Waals surface area contributed by atoms with Crippen molar-refractivity contribution >= 4 is 21.1 Å². The monoisotopic (exact) mass is 402 g/mol. The van der Waals surface area contributed by atoms with Crippen LogP contribution in [0.25, 0.3) is 11.0 Å². The zero-order valence-electron chi connectivity index (χ0n) is 16.1. The number of aromatic nitrogens is 3. The quantitative estimate of drug-likeness (QED) is 0.682. The Morgan fingerprint density at radius 2 is 1.93 bits per heavy atom. The normalized spacial score (nSPS) is 15.3. The van der Waals surface area contributed by atoms with Crippen molar-refractivity contribution in [2.75, 3.05) is 0 Å². The lowest BCUT2D eigenvalue weighted by Crippen LogP contribution is -2.42. The number of pyridine rings is 1.